The monoisotopic (exact) mass is 1460 g/mol. The van der Waals surface area contributed by atoms with Crippen molar-refractivity contribution in [1.29, 1.82) is 0 Å². The van der Waals surface area contributed by atoms with Crippen LogP contribution in [-0.2, 0) is 32.5 Å². The normalized spacial score (nSPS) is 12.1. The predicted octanol–water partition coefficient (Wildman–Crippen LogP) is 23.9. The molecule has 0 aliphatic carbocycles. The zero-order valence-corrected chi connectivity index (χ0v) is 67.3. The van der Waals surface area contributed by atoms with Crippen molar-refractivity contribution in [3.8, 4) is 51.7 Å². The molecule has 0 bridgehead atoms. The fraction of sp³-hybridized carbons (Fsp3) is 0.247. The van der Waals surface area contributed by atoms with Crippen LogP contribution in [0.15, 0.2) is 280 Å². The first kappa shape index (κ1) is 76.9. The molecule has 0 aliphatic rings. The van der Waals surface area contributed by atoms with Crippen molar-refractivity contribution in [2.24, 2.45) is 0 Å². The van der Waals surface area contributed by atoms with Crippen LogP contribution in [0.3, 0.4) is 0 Å². The molecule has 9 aromatic carbocycles. The summed E-state index contributed by atoms with van der Waals surface area (Å²) in [5.74, 6) is 7.24. The summed E-state index contributed by atoms with van der Waals surface area (Å²) < 4.78 is 6.69. The largest absolute Gasteiger partial charge is 0.294 e. The van der Waals surface area contributed by atoms with E-state index in [1.807, 2.05) is 128 Å². The third kappa shape index (κ3) is 17.3. The zero-order chi connectivity index (χ0) is 78.6. The fourth-order valence-corrected chi connectivity index (χ4v) is 13.0. The first-order valence-corrected chi connectivity index (χ1v) is 38.1. The Morgan fingerprint density at radius 1 is 0.207 bits per heavy atom. The van der Waals surface area contributed by atoms with Crippen molar-refractivity contribution in [3.63, 3.8) is 0 Å². The Morgan fingerprint density at radius 3 is 0.739 bits per heavy atom. The van der Waals surface area contributed by atoms with Gasteiger partial charge in [-0.05, 0) is 69.3 Å². The fourth-order valence-electron chi connectivity index (χ4n) is 13.0. The van der Waals surface area contributed by atoms with E-state index >= 15 is 0 Å². The molecule has 0 unspecified atom stereocenters. The third-order valence-corrected chi connectivity index (χ3v) is 19.4. The van der Waals surface area contributed by atoms with Crippen molar-refractivity contribution in [3.05, 3.63) is 314 Å². The summed E-state index contributed by atoms with van der Waals surface area (Å²) in [5.41, 5.74) is 13.4. The Morgan fingerprint density at radius 2 is 0.450 bits per heavy atom. The van der Waals surface area contributed by atoms with Gasteiger partial charge in [-0.3, -0.25) is 13.7 Å². The van der Waals surface area contributed by atoms with Crippen molar-refractivity contribution in [2.75, 3.05) is 0 Å². The van der Waals surface area contributed by atoms with Crippen molar-refractivity contribution >= 4 is 65.4 Å². The van der Waals surface area contributed by atoms with Gasteiger partial charge in [0.2, 0.25) is 5.95 Å². The minimum absolute atomic E-state index is 0.0381. The molecule has 0 N–H and O–H groups in total. The Kier molecular flexibility index (Phi) is 21.7. The summed E-state index contributed by atoms with van der Waals surface area (Å²) >= 11 is 0. The lowest BCUT2D eigenvalue weighted by atomic mass is 9.89. The quantitative estimate of drug-likeness (QED) is 0.156. The van der Waals surface area contributed by atoms with Gasteiger partial charge in [0.15, 0.2) is 17.5 Å². The molecule has 0 saturated carbocycles. The molecule has 0 aliphatic heterocycles. The van der Waals surface area contributed by atoms with Crippen LogP contribution in [0.2, 0.25) is 0 Å². The Labute approximate surface area is 653 Å². The second-order valence-corrected chi connectivity index (χ2v) is 34.3. The number of aromatic nitrogens is 14. The maximum absolute atomic E-state index is 5.16. The van der Waals surface area contributed by atoms with Crippen LogP contribution in [0.4, 0.5) is 0 Å². The third-order valence-electron chi connectivity index (χ3n) is 19.4. The van der Waals surface area contributed by atoms with Gasteiger partial charge in [0.1, 0.15) is 29.1 Å². The lowest BCUT2D eigenvalue weighted by molar-refractivity contribution is 0.532. The molecule has 0 amide bonds. The van der Waals surface area contributed by atoms with Crippen LogP contribution in [0.5, 0.6) is 0 Å². The minimum atomic E-state index is -0.220. The molecular weight excluding hydrogens is 1360 g/mol. The van der Waals surface area contributed by atoms with E-state index in [9.17, 15) is 0 Å². The van der Waals surface area contributed by atoms with Gasteiger partial charge in [-0.2, -0.15) is 0 Å². The van der Waals surface area contributed by atoms with E-state index in [0.29, 0.717) is 0 Å². The number of benzene rings is 9. The van der Waals surface area contributed by atoms with Gasteiger partial charge in [0.25, 0.3) is 0 Å². The molecule has 17 rings (SSSR count). The maximum atomic E-state index is 5.16. The minimum Gasteiger partial charge on any atom is -0.294 e. The highest BCUT2D eigenvalue weighted by atomic mass is 15.2. The van der Waals surface area contributed by atoms with E-state index in [-0.39, 0.29) is 32.5 Å². The smallest absolute Gasteiger partial charge is 0.234 e. The van der Waals surface area contributed by atoms with Gasteiger partial charge >= 0.3 is 0 Å². The number of nitrogens with zero attached hydrogens (tertiary/aromatic N) is 14. The molecule has 0 radical (unpaired) electrons. The molecule has 14 heteroatoms. The van der Waals surface area contributed by atoms with E-state index in [1.165, 1.54) is 37.9 Å². The van der Waals surface area contributed by atoms with Gasteiger partial charge in [0, 0.05) is 109 Å². The van der Waals surface area contributed by atoms with Crippen molar-refractivity contribution in [1.82, 2.24) is 68.5 Å². The van der Waals surface area contributed by atoms with Crippen LogP contribution in [0, 0.1) is 0 Å². The predicted molar refractivity (Wildman–Crippen MR) is 459 cm³/mol. The van der Waals surface area contributed by atoms with Crippen LogP contribution in [-0.4, -0.2) is 68.5 Å². The Bertz CT molecular complexity index is 5660. The highest BCUT2D eigenvalue weighted by Gasteiger charge is 2.26. The first-order valence-electron chi connectivity index (χ1n) is 38.1. The summed E-state index contributed by atoms with van der Waals surface area (Å²) in [6, 6.07) is 83.3. The summed E-state index contributed by atoms with van der Waals surface area (Å²) in [6.45, 7) is 38.8. The van der Waals surface area contributed by atoms with Gasteiger partial charge < -0.3 is 0 Å². The SMILES string of the molecule is CC(C)(C)c1cnc(-c2ccccc2)nc1.CC(C)(C)c1cnc(-n2c3ccccc3c3ccccc32)nc1.CC(C)(C)c1cnc(C(C)(C)C)nc1.CC(C)(C)c1nc(-c2ccccc2)nc(-c2ccccc2)n1.CC(C)(C)c1nc(-n2c3ccccc3c3ccccc32)cc(-n2c3ccccc3c3ccccc32)n1. The highest BCUT2D eigenvalue weighted by Crippen LogP contribution is 2.38. The summed E-state index contributed by atoms with van der Waals surface area (Å²) in [7, 11) is 0. The average molecular weight is 1460 g/mol. The summed E-state index contributed by atoms with van der Waals surface area (Å²) in [6.07, 6.45) is 11.6. The van der Waals surface area contributed by atoms with Gasteiger partial charge in [-0.1, -0.05) is 325 Å². The molecular formula is C97H100N14. The van der Waals surface area contributed by atoms with Crippen molar-refractivity contribution < 1.29 is 0 Å². The molecule has 8 heterocycles. The Hall–Kier alpha value is -12.3. The van der Waals surface area contributed by atoms with E-state index in [0.717, 1.165) is 113 Å². The van der Waals surface area contributed by atoms with E-state index in [2.05, 4.69) is 335 Å². The topological polar surface area (TPSA) is 157 Å². The van der Waals surface area contributed by atoms with Gasteiger partial charge in [0.05, 0.1) is 33.1 Å². The number of hydrogen-bond donors (Lipinski definition) is 0. The van der Waals surface area contributed by atoms with Crippen molar-refractivity contribution in [2.45, 2.75) is 157 Å². The lowest BCUT2D eigenvalue weighted by Crippen LogP contribution is -2.19. The molecule has 111 heavy (non-hydrogen) atoms. The number of para-hydroxylation sites is 6. The number of fused-ring (bicyclic) bond motifs is 9. The lowest BCUT2D eigenvalue weighted by Gasteiger charge is -2.20. The molecule has 17 aromatic rings. The molecule has 0 atom stereocenters. The first-order chi connectivity index (χ1) is 52.9. The summed E-state index contributed by atoms with van der Waals surface area (Å²) in [4.78, 5) is 51.2. The van der Waals surface area contributed by atoms with Crippen LogP contribution >= 0.6 is 0 Å². The van der Waals surface area contributed by atoms with Crippen LogP contribution in [0.1, 0.15) is 159 Å². The highest BCUT2D eigenvalue weighted by molar-refractivity contribution is 6.11. The molecule has 0 saturated heterocycles. The van der Waals surface area contributed by atoms with E-state index in [1.54, 1.807) is 0 Å². The average Bonchev–Trinajstić information content (AvgIpc) is 1.85. The zero-order valence-electron chi connectivity index (χ0n) is 67.3. The number of rotatable bonds is 6. The van der Waals surface area contributed by atoms with Gasteiger partial charge in [-0.25, -0.2) is 54.8 Å². The Balaban J connectivity index is 0.000000127. The summed E-state index contributed by atoms with van der Waals surface area (Å²) in [5, 5.41) is 7.35. The second-order valence-electron chi connectivity index (χ2n) is 34.3. The van der Waals surface area contributed by atoms with Gasteiger partial charge in [-0.15, -0.1) is 0 Å². The van der Waals surface area contributed by atoms with E-state index in [4.69, 9.17) is 9.97 Å². The maximum Gasteiger partial charge on any atom is 0.234 e. The second kappa shape index (κ2) is 31.4. The van der Waals surface area contributed by atoms with Crippen LogP contribution in [0.25, 0.3) is 117 Å². The molecule has 558 valence electrons. The molecule has 14 nitrogen and oxygen atoms in total. The molecule has 0 spiro atoms. The number of hydrogen-bond acceptors (Lipinski definition) is 11. The standard InChI is InChI=1S/C32H26N4.C20H19N3.C19H19N3.C14H16N2.C12H20N2/c1-32(2,3)31-33-29(35-25-16-8-4-12-21(25)22-13-5-9-17-26(22)35)20-30(34-31)36-27-18-10-6-14-23(27)24-15-7-11-19-28(24)36;1-20(2,3)14-12-21-19(22-13-14)23-17-10-6-4-8-15(17)16-9-5-7-11-18(16)23;1-19(2,3)18-21-16(14-10-6-4-7-11-14)20-17(22-18)15-12-8-5-9-13-15;1-14(2,3)12-9-15-13(16-10-12)11-7-5-4-6-8-11;1-11(2,3)9-7-13-10(14-8-9)12(4,5)6/h4-20H,1-3H3;4-13H,1-3H3;4-13H,1-3H3;4-10H,1-3H3;7-8H,1-6H3. The van der Waals surface area contributed by atoms with Crippen LogP contribution < -0.4 is 0 Å². The molecule has 0 fully saturated rings. The van der Waals surface area contributed by atoms with E-state index < -0.39 is 0 Å². The molecule has 8 aromatic heterocycles.